The maximum absolute atomic E-state index is 12.6. The van der Waals surface area contributed by atoms with E-state index in [0.717, 1.165) is 11.3 Å². The van der Waals surface area contributed by atoms with Crippen LogP contribution >= 0.6 is 11.6 Å². The molecule has 0 N–H and O–H groups in total. The molecule has 4 heteroatoms. The first-order valence-corrected chi connectivity index (χ1v) is 6.53. The van der Waals surface area contributed by atoms with E-state index < -0.39 is 0 Å². The van der Waals surface area contributed by atoms with Crippen LogP contribution in [0, 0.1) is 0 Å². The Hall–Kier alpha value is -2.39. The second kappa shape index (κ2) is 5.31. The van der Waals surface area contributed by atoms with E-state index in [4.69, 9.17) is 11.6 Å². The average molecular weight is 283 g/mol. The summed E-state index contributed by atoms with van der Waals surface area (Å²) in [4.78, 5) is 16.7. The fraction of sp³-hybridized carbons (Fsp3) is 0. The Morgan fingerprint density at radius 1 is 0.900 bits per heavy atom. The van der Waals surface area contributed by atoms with Crippen molar-refractivity contribution in [2.24, 2.45) is 0 Å². The van der Waals surface area contributed by atoms with E-state index in [2.05, 4.69) is 4.98 Å². The Morgan fingerprint density at radius 2 is 1.50 bits per heavy atom. The molecule has 0 fully saturated rings. The Bertz CT molecular complexity index is 719. The lowest BCUT2D eigenvalue weighted by Gasteiger charge is -2.08. The van der Waals surface area contributed by atoms with Gasteiger partial charge in [0, 0.05) is 11.3 Å². The molecule has 3 rings (SSSR count). The highest BCUT2D eigenvalue weighted by Crippen LogP contribution is 2.16. The lowest BCUT2D eigenvalue weighted by atomic mass is 10.1. The monoisotopic (exact) mass is 282 g/mol. The highest BCUT2D eigenvalue weighted by Gasteiger charge is 2.10. The molecule has 3 nitrogen and oxygen atoms in total. The second-order valence-corrected chi connectivity index (χ2v) is 4.68. The number of para-hydroxylation sites is 1. The molecule has 0 aliphatic carbocycles. The predicted molar refractivity (Wildman–Crippen MR) is 80.3 cm³/mol. The number of hydrogen-bond acceptors (Lipinski definition) is 2. The van der Waals surface area contributed by atoms with Crippen molar-refractivity contribution < 1.29 is 0 Å². The van der Waals surface area contributed by atoms with Crippen molar-refractivity contribution >= 4 is 11.6 Å². The van der Waals surface area contributed by atoms with Crippen molar-refractivity contribution in [3.63, 3.8) is 0 Å². The minimum atomic E-state index is -0.188. The number of aromatic nitrogens is 2. The minimum absolute atomic E-state index is 0.188. The third kappa shape index (κ3) is 2.36. The zero-order valence-electron chi connectivity index (χ0n) is 10.5. The van der Waals surface area contributed by atoms with E-state index in [0.29, 0.717) is 5.69 Å². The Kier molecular flexibility index (Phi) is 3.35. The molecule has 0 aliphatic heterocycles. The highest BCUT2D eigenvalue weighted by molar-refractivity contribution is 6.29. The summed E-state index contributed by atoms with van der Waals surface area (Å²) in [5, 5.41) is 0.285. The standard InChI is InChI=1S/C16H11ClN2O/c17-14-11-19(13-9-5-2-6-10-13)16(20)15(18-14)12-7-3-1-4-8-12/h1-11H. The van der Waals surface area contributed by atoms with Crippen LogP contribution in [-0.2, 0) is 0 Å². The van der Waals surface area contributed by atoms with Crippen molar-refractivity contribution in [2.45, 2.75) is 0 Å². The summed E-state index contributed by atoms with van der Waals surface area (Å²) in [6.07, 6.45) is 1.53. The van der Waals surface area contributed by atoms with Crippen molar-refractivity contribution in [2.75, 3.05) is 0 Å². The van der Waals surface area contributed by atoms with E-state index in [1.54, 1.807) is 0 Å². The maximum Gasteiger partial charge on any atom is 0.281 e. The van der Waals surface area contributed by atoms with Crippen LogP contribution in [0.3, 0.4) is 0 Å². The van der Waals surface area contributed by atoms with Crippen molar-refractivity contribution in [3.05, 3.63) is 82.4 Å². The van der Waals surface area contributed by atoms with Gasteiger partial charge in [0.15, 0.2) is 0 Å². The van der Waals surface area contributed by atoms with Crippen LogP contribution in [0.5, 0.6) is 0 Å². The maximum atomic E-state index is 12.6. The summed E-state index contributed by atoms with van der Waals surface area (Å²) in [5.41, 5.74) is 1.68. The molecule has 0 bridgehead atoms. The minimum Gasteiger partial charge on any atom is -0.279 e. The number of nitrogens with zero attached hydrogens (tertiary/aromatic N) is 2. The van der Waals surface area contributed by atoms with Gasteiger partial charge in [-0.2, -0.15) is 0 Å². The van der Waals surface area contributed by atoms with Gasteiger partial charge in [-0.3, -0.25) is 9.36 Å². The largest absolute Gasteiger partial charge is 0.281 e. The topological polar surface area (TPSA) is 34.9 Å². The molecule has 2 aromatic carbocycles. The molecule has 0 radical (unpaired) electrons. The molecule has 1 aromatic heterocycles. The quantitative estimate of drug-likeness (QED) is 0.720. The van der Waals surface area contributed by atoms with E-state index >= 15 is 0 Å². The van der Waals surface area contributed by atoms with E-state index in [1.807, 2.05) is 60.7 Å². The summed E-state index contributed by atoms with van der Waals surface area (Å²) in [5.74, 6) is 0. The van der Waals surface area contributed by atoms with Gasteiger partial charge in [0.05, 0.1) is 6.20 Å². The number of benzene rings is 2. The van der Waals surface area contributed by atoms with Gasteiger partial charge >= 0.3 is 0 Å². The zero-order valence-corrected chi connectivity index (χ0v) is 11.3. The van der Waals surface area contributed by atoms with Gasteiger partial charge in [-0.05, 0) is 12.1 Å². The molecule has 0 atom stereocenters. The van der Waals surface area contributed by atoms with Crippen LogP contribution in [-0.4, -0.2) is 9.55 Å². The Labute approximate surface area is 121 Å². The molecule has 0 unspecified atom stereocenters. The average Bonchev–Trinajstić information content (AvgIpc) is 2.51. The van der Waals surface area contributed by atoms with Crippen molar-refractivity contribution in [1.29, 1.82) is 0 Å². The fourth-order valence-electron chi connectivity index (χ4n) is 2.03. The third-order valence-corrected chi connectivity index (χ3v) is 3.14. The number of rotatable bonds is 2. The third-order valence-electron chi connectivity index (χ3n) is 2.96. The molecule has 3 aromatic rings. The zero-order chi connectivity index (χ0) is 13.9. The van der Waals surface area contributed by atoms with Crippen LogP contribution < -0.4 is 5.56 Å². The molecule has 0 aliphatic rings. The number of halogens is 1. The first-order valence-electron chi connectivity index (χ1n) is 6.16. The normalized spacial score (nSPS) is 10.4. The molecule has 98 valence electrons. The van der Waals surface area contributed by atoms with Crippen LogP contribution in [0.15, 0.2) is 71.7 Å². The van der Waals surface area contributed by atoms with Gasteiger partial charge in [0.25, 0.3) is 5.56 Å². The lowest BCUT2D eigenvalue weighted by Crippen LogP contribution is -2.21. The van der Waals surface area contributed by atoms with Crippen molar-refractivity contribution in [3.8, 4) is 16.9 Å². The van der Waals surface area contributed by atoms with Crippen LogP contribution in [0.1, 0.15) is 0 Å². The molecule has 0 amide bonds. The molecule has 1 heterocycles. The molecular formula is C16H11ClN2O. The second-order valence-electron chi connectivity index (χ2n) is 4.29. The molecule has 0 saturated heterocycles. The summed E-state index contributed by atoms with van der Waals surface area (Å²) in [6.45, 7) is 0. The lowest BCUT2D eigenvalue weighted by molar-refractivity contribution is 0.962. The summed E-state index contributed by atoms with van der Waals surface area (Å²) < 4.78 is 1.51. The van der Waals surface area contributed by atoms with Crippen LogP contribution in [0.25, 0.3) is 16.9 Å². The Morgan fingerprint density at radius 3 is 2.15 bits per heavy atom. The van der Waals surface area contributed by atoms with E-state index in [1.165, 1.54) is 10.8 Å². The first-order chi connectivity index (χ1) is 9.75. The smallest absolute Gasteiger partial charge is 0.279 e. The predicted octanol–water partition coefficient (Wildman–Crippen LogP) is 3.55. The van der Waals surface area contributed by atoms with E-state index in [9.17, 15) is 4.79 Å². The molecule has 0 spiro atoms. The van der Waals surface area contributed by atoms with Crippen molar-refractivity contribution in [1.82, 2.24) is 9.55 Å². The van der Waals surface area contributed by atoms with Gasteiger partial charge < -0.3 is 0 Å². The van der Waals surface area contributed by atoms with Gasteiger partial charge in [-0.25, -0.2) is 4.98 Å². The SMILES string of the molecule is O=c1c(-c2ccccc2)nc(Cl)cn1-c1ccccc1. The number of hydrogen-bond donors (Lipinski definition) is 0. The fourth-order valence-corrected chi connectivity index (χ4v) is 2.21. The molecular weight excluding hydrogens is 272 g/mol. The van der Waals surface area contributed by atoms with E-state index in [-0.39, 0.29) is 10.7 Å². The highest BCUT2D eigenvalue weighted by atomic mass is 35.5. The summed E-state index contributed by atoms with van der Waals surface area (Å²) >= 11 is 6.05. The molecule has 0 saturated carbocycles. The van der Waals surface area contributed by atoms with Crippen LogP contribution in [0.2, 0.25) is 5.15 Å². The van der Waals surface area contributed by atoms with Gasteiger partial charge in [0.2, 0.25) is 0 Å². The van der Waals surface area contributed by atoms with Gasteiger partial charge in [-0.15, -0.1) is 0 Å². The van der Waals surface area contributed by atoms with Gasteiger partial charge in [0.1, 0.15) is 10.8 Å². The van der Waals surface area contributed by atoms with Gasteiger partial charge in [-0.1, -0.05) is 60.1 Å². The first kappa shape index (κ1) is 12.6. The molecule has 20 heavy (non-hydrogen) atoms. The summed E-state index contributed by atoms with van der Waals surface area (Å²) in [7, 11) is 0. The Balaban J connectivity index is 2.25. The summed E-state index contributed by atoms with van der Waals surface area (Å²) in [6, 6.07) is 18.7. The van der Waals surface area contributed by atoms with Crippen LogP contribution in [0.4, 0.5) is 0 Å².